The SMILES string of the molecule is COc1cccc(CN(C(=O)CN(c2cc(Cl)ccc2OC)S(=O)(=O)c2ccc(OC)c(OC)c2)[C@H](C)C(=O)NC2CCCC2)c1. The first-order valence-corrected chi connectivity index (χ1v) is 16.6. The van der Waals surface area contributed by atoms with Crippen LogP contribution in [0.1, 0.15) is 38.2 Å². The molecule has 2 amide bonds. The molecule has 0 unspecified atom stereocenters. The predicted molar refractivity (Wildman–Crippen MR) is 175 cm³/mol. The van der Waals surface area contributed by atoms with E-state index in [1.165, 1.54) is 63.7 Å². The molecule has 0 radical (unpaired) electrons. The van der Waals surface area contributed by atoms with Crippen molar-refractivity contribution in [1.82, 2.24) is 10.2 Å². The fourth-order valence-electron chi connectivity index (χ4n) is 5.42. The lowest BCUT2D eigenvalue weighted by Gasteiger charge is -2.33. The zero-order valence-electron chi connectivity index (χ0n) is 26.6. The number of halogens is 1. The highest BCUT2D eigenvalue weighted by Gasteiger charge is 2.35. The Morgan fingerprint density at radius 1 is 0.891 bits per heavy atom. The van der Waals surface area contributed by atoms with E-state index in [4.69, 9.17) is 30.5 Å². The highest BCUT2D eigenvalue weighted by Crippen LogP contribution is 2.37. The van der Waals surface area contributed by atoms with Gasteiger partial charge in [0.2, 0.25) is 11.8 Å². The van der Waals surface area contributed by atoms with Crippen molar-refractivity contribution >= 4 is 39.1 Å². The number of hydrogen-bond acceptors (Lipinski definition) is 8. The van der Waals surface area contributed by atoms with Gasteiger partial charge in [-0.25, -0.2) is 8.42 Å². The minimum atomic E-state index is -4.45. The molecule has 3 aromatic carbocycles. The second-order valence-corrected chi connectivity index (χ2v) is 13.2. The van der Waals surface area contributed by atoms with Crippen LogP contribution in [0.15, 0.2) is 65.6 Å². The maximum Gasteiger partial charge on any atom is 0.265 e. The van der Waals surface area contributed by atoms with Crippen LogP contribution in [0.2, 0.25) is 5.02 Å². The highest BCUT2D eigenvalue weighted by molar-refractivity contribution is 7.92. The number of sulfonamides is 1. The van der Waals surface area contributed by atoms with Crippen molar-refractivity contribution in [2.24, 2.45) is 0 Å². The van der Waals surface area contributed by atoms with E-state index in [0.717, 1.165) is 30.0 Å². The zero-order chi connectivity index (χ0) is 33.4. The van der Waals surface area contributed by atoms with Crippen LogP contribution in [0.3, 0.4) is 0 Å². The standard InChI is InChI=1S/C33H40ClN3O8S/c1-22(33(39)35-25-10-6-7-11-25)36(20-23-9-8-12-26(17-23)42-2)32(38)21-37(28-18-24(34)13-15-29(28)43-3)46(40,41)27-14-16-30(44-4)31(19-27)45-5/h8-9,12-19,22,25H,6-7,10-11,20-21H2,1-5H3,(H,35,39)/t22-/m1/s1. The molecule has 248 valence electrons. The van der Waals surface area contributed by atoms with Crippen molar-refractivity contribution in [2.45, 2.75) is 56.1 Å². The molecule has 1 atom stereocenters. The van der Waals surface area contributed by atoms with Crippen molar-refractivity contribution in [3.05, 3.63) is 71.2 Å². The number of ether oxygens (including phenoxy) is 4. The third-order valence-corrected chi connectivity index (χ3v) is 9.98. The summed E-state index contributed by atoms with van der Waals surface area (Å²) in [5.74, 6) is 0.323. The van der Waals surface area contributed by atoms with Crippen molar-refractivity contribution in [3.63, 3.8) is 0 Å². The summed E-state index contributed by atoms with van der Waals surface area (Å²) < 4.78 is 51.2. The van der Waals surface area contributed by atoms with Gasteiger partial charge < -0.3 is 29.2 Å². The van der Waals surface area contributed by atoms with Gasteiger partial charge in [-0.05, 0) is 67.8 Å². The van der Waals surface area contributed by atoms with Crippen molar-refractivity contribution in [3.8, 4) is 23.0 Å². The van der Waals surface area contributed by atoms with E-state index in [-0.39, 0.29) is 45.6 Å². The second kappa shape index (κ2) is 15.4. The van der Waals surface area contributed by atoms with Crippen molar-refractivity contribution in [1.29, 1.82) is 0 Å². The van der Waals surface area contributed by atoms with Crippen LogP contribution in [0.5, 0.6) is 23.0 Å². The molecule has 0 aliphatic heterocycles. The predicted octanol–water partition coefficient (Wildman–Crippen LogP) is 5.05. The van der Waals surface area contributed by atoms with Crippen LogP contribution in [0.4, 0.5) is 5.69 Å². The molecule has 0 heterocycles. The third-order valence-electron chi connectivity index (χ3n) is 7.99. The van der Waals surface area contributed by atoms with Gasteiger partial charge in [0.25, 0.3) is 10.0 Å². The summed E-state index contributed by atoms with van der Waals surface area (Å²) in [5.41, 5.74) is 0.741. The number of nitrogens with zero attached hydrogens (tertiary/aromatic N) is 2. The molecule has 1 saturated carbocycles. The Kier molecular flexibility index (Phi) is 11.6. The summed E-state index contributed by atoms with van der Waals surface area (Å²) >= 11 is 6.34. The van der Waals surface area contributed by atoms with Gasteiger partial charge in [-0.15, -0.1) is 0 Å². The summed E-state index contributed by atoms with van der Waals surface area (Å²) in [7, 11) is 1.31. The third kappa shape index (κ3) is 7.97. The molecular weight excluding hydrogens is 634 g/mol. The molecule has 1 N–H and O–H groups in total. The minimum Gasteiger partial charge on any atom is -0.497 e. The van der Waals surface area contributed by atoms with Crippen molar-refractivity contribution in [2.75, 3.05) is 39.3 Å². The molecule has 0 saturated heterocycles. The number of hydrogen-bond donors (Lipinski definition) is 1. The lowest BCUT2D eigenvalue weighted by Crippen LogP contribution is -2.52. The van der Waals surface area contributed by atoms with Gasteiger partial charge in [-0.1, -0.05) is 36.6 Å². The lowest BCUT2D eigenvalue weighted by molar-refractivity contribution is -0.139. The normalized spacial score (nSPS) is 13.9. The van der Waals surface area contributed by atoms with Gasteiger partial charge >= 0.3 is 0 Å². The van der Waals surface area contributed by atoms with Crippen LogP contribution >= 0.6 is 11.6 Å². The fraction of sp³-hybridized carbons (Fsp3) is 0.394. The number of nitrogens with one attached hydrogen (secondary N) is 1. The van der Waals surface area contributed by atoms with Crippen LogP contribution in [0, 0.1) is 0 Å². The number of carbonyl (C=O) groups is 2. The number of methoxy groups -OCH3 is 4. The lowest BCUT2D eigenvalue weighted by atomic mass is 10.1. The molecule has 0 spiro atoms. The van der Waals surface area contributed by atoms with E-state index in [1.807, 2.05) is 6.07 Å². The van der Waals surface area contributed by atoms with E-state index >= 15 is 0 Å². The molecule has 0 bridgehead atoms. The van der Waals surface area contributed by atoms with Crippen molar-refractivity contribution < 1.29 is 37.0 Å². The zero-order valence-corrected chi connectivity index (χ0v) is 28.2. The van der Waals surface area contributed by atoms with Gasteiger partial charge in [-0.2, -0.15) is 0 Å². The number of carbonyl (C=O) groups excluding carboxylic acids is 2. The number of amides is 2. The Bertz CT molecular complexity index is 1650. The molecule has 46 heavy (non-hydrogen) atoms. The Morgan fingerprint density at radius 2 is 1.57 bits per heavy atom. The van der Waals surface area contributed by atoms with Gasteiger partial charge in [0.1, 0.15) is 24.1 Å². The molecule has 3 aromatic rings. The van der Waals surface area contributed by atoms with Gasteiger partial charge in [0.15, 0.2) is 11.5 Å². The fourth-order valence-corrected chi connectivity index (χ4v) is 7.02. The molecule has 1 aliphatic rings. The maximum absolute atomic E-state index is 14.4. The van der Waals surface area contributed by atoms with Crippen LogP contribution in [0.25, 0.3) is 0 Å². The maximum atomic E-state index is 14.4. The summed E-state index contributed by atoms with van der Waals surface area (Å²) in [6.07, 6.45) is 3.79. The van der Waals surface area contributed by atoms with Crippen LogP contribution in [-0.4, -0.2) is 72.2 Å². The van der Waals surface area contributed by atoms with E-state index < -0.39 is 28.5 Å². The van der Waals surface area contributed by atoms with E-state index in [1.54, 1.807) is 31.2 Å². The smallest absolute Gasteiger partial charge is 0.265 e. The van der Waals surface area contributed by atoms with Crippen LogP contribution in [-0.2, 0) is 26.2 Å². The van der Waals surface area contributed by atoms with Gasteiger partial charge in [-0.3, -0.25) is 13.9 Å². The van der Waals surface area contributed by atoms with Crippen LogP contribution < -0.4 is 28.6 Å². The number of benzene rings is 3. The van der Waals surface area contributed by atoms with Gasteiger partial charge in [0.05, 0.1) is 39.0 Å². The van der Waals surface area contributed by atoms with E-state index in [0.29, 0.717) is 17.1 Å². The van der Waals surface area contributed by atoms with E-state index in [2.05, 4.69) is 5.32 Å². The summed E-state index contributed by atoms with van der Waals surface area (Å²) in [4.78, 5) is 29.0. The largest absolute Gasteiger partial charge is 0.497 e. The second-order valence-electron chi connectivity index (χ2n) is 10.9. The first kappa shape index (κ1) is 34.7. The Hall–Kier alpha value is -4.16. The molecular formula is C33H40ClN3O8S. The molecule has 13 heteroatoms. The molecule has 1 fully saturated rings. The Morgan fingerprint density at radius 3 is 2.22 bits per heavy atom. The first-order valence-electron chi connectivity index (χ1n) is 14.8. The highest BCUT2D eigenvalue weighted by atomic mass is 35.5. The summed E-state index contributed by atoms with van der Waals surface area (Å²) in [6, 6.07) is 14.8. The van der Waals surface area contributed by atoms with Gasteiger partial charge in [0, 0.05) is 23.7 Å². The topological polar surface area (TPSA) is 124 Å². The Balaban J connectivity index is 1.78. The molecule has 1 aliphatic carbocycles. The van der Waals surface area contributed by atoms with E-state index in [9.17, 15) is 18.0 Å². The monoisotopic (exact) mass is 673 g/mol. The molecule has 4 rings (SSSR count). The Labute approximate surface area is 275 Å². The summed E-state index contributed by atoms with van der Waals surface area (Å²) in [6.45, 7) is 0.986. The summed E-state index contributed by atoms with van der Waals surface area (Å²) in [5, 5.41) is 3.29. The quantitative estimate of drug-likeness (QED) is 0.252. The molecule has 11 nitrogen and oxygen atoms in total. The number of rotatable bonds is 14. The minimum absolute atomic E-state index is 0.0201. The average molecular weight is 674 g/mol. The molecule has 0 aromatic heterocycles. The number of anilines is 1. The first-order chi connectivity index (χ1) is 22.0. The average Bonchev–Trinajstić information content (AvgIpc) is 3.58.